The standard InChI is InChI=1S/C27H22ClN3O4S/c1-18-7-14-26(27(30-18)31-24-13-8-21(28)15-20(24)16-29)36(32,33)23-11-9-22(10-12-23)35-17-19-5-3-4-6-25(19)34-2/h3-15H,17H2,1-2H3,(H,30,31). The second kappa shape index (κ2) is 10.7. The minimum Gasteiger partial charge on any atom is -0.496 e. The number of anilines is 2. The molecule has 4 aromatic rings. The molecule has 0 saturated carbocycles. The maximum Gasteiger partial charge on any atom is 0.210 e. The van der Waals surface area contributed by atoms with E-state index in [1.807, 2.05) is 24.3 Å². The van der Waals surface area contributed by atoms with Gasteiger partial charge < -0.3 is 14.8 Å². The second-order valence-electron chi connectivity index (χ2n) is 7.80. The fourth-order valence-corrected chi connectivity index (χ4v) is 5.04. The van der Waals surface area contributed by atoms with Gasteiger partial charge in [0.05, 0.1) is 23.3 Å². The van der Waals surface area contributed by atoms with E-state index in [1.54, 1.807) is 44.4 Å². The van der Waals surface area contributed by atoms with Gasteiger partial charge in [-0.15, -0.1) is 0 Å². The molecule has 1 heterocycles. The van der Waals surface area contributed by atoms with Gasteiger partial charge in [0.2, 0.25) is 9.84 Å². The first-order chi connectivity index (χ1) is 17.3. The van der Waals surface area contributed by atoms with Gasteiger partial charge in [-0.25, -0.2) is 13.4 Å². The predicted octanol–water partition coefficient (Wildman–Crippen LogP) is 6.08. The third-order valence-electron chi connectivity index (χ3n) is 5.36. The van der Waals surface area contributed by atoms with E-state index in [1.165, 1.54) is 24.3 Å². The number of pyridine rings is 1. The van der Waals surface area contributed by atoms with Crippen molar-refractivity contribution in [1.82, 2.24) is 4.98 Å². The molecule has 0 unspecified atom stereocenters. The fourth-order valence-electron chi connectivity index (χ4n) is 3.52. The summed E-state index contributed by atoms with van der Waals surface area (Å²) >= 11 is 5.99. The lowest BCUT2D eigenvalue weighted by Crippen LogP contribution is -2.08. The zero-order chi connectivity index (χ0) is 25.7. The van der Waals surface area contributed by atoms with Crippen LogP contribution in [-0.4, -0.2) is 20.5 Å². The van der Waals surface area contributed by atoms with Crippen molar-refractivity contribution in [1.29, 1.82) is 5.26 Å². The van der Waals surface area contributed by atoms with Crippen LogP contribution in [0.5, 0.6) is 11.5 Å². The number of nitrogens with zero attached hydrogens (tertiary/aromatic N) is 2. The molecule has 1 aromatic heterocycles. The van der Waals surface area contributed by atoms with Crippen molar-refractivity contribution in [3.8, 4) is 17.6 Å². The van der Waals surface area contributed by atoms with Gasteiger partial charge in [0.25, 0.3) is 0 Å². The van der Waals surface area contributed by atoms with E-state index < -0.39 is 9.84 Å². The van der Waals surface area contributed by atoms with Gasteiger partial charge in [0.15, 0.2) is 0 Å². The lowest BCUT2D eigenvalue weighted by Gasteiger charge is -2.14. The Morgan fingerprint density at radius 2 is 1.78 bits per heavy atom. The van der Waals surface area contributed by atoms with E-state index in [0.29, 0.717) is 27.9 Å². The maximum absolute atomic E-state index is 13.5. The fraction of sp³-hybridized carbons (Fsp3) is 0.111. The van der Waals surface area contributed by atoms with E-state index in [4.69, 9.17) is 21.1 Å². The summed E-state index contributed by atoms with van der Waals surface area (Å²) in [5.74, 6) is 1.34. The van der Waals surface area contributed by atoms with Crippen LogP contribution in [0, 0.1) is 18.3 Å². The van der Waals surface area contributed by atoms with Crippen molar-refractivity contribution in [3.63, 3.8) is 0 Å². The largest absolute Gasteiger partial charge is 0.496 e. The summed E-state index contributed by atoms with van der Waals surface area (Å²) < 4.78 is 38.2. The number of hydrogen-bond donors (Lipinski definition) is 1. The third kappa shape index (κ3) is 5.43. The minimum absolute atomic E-state index is 0.0189. The molecule has 0 radical (unpaired) electrons. The molecule has 36 heavy (non-hydrogen) atoms. The predicted molar refractivity (Wildman–Crippen MR) is 138 cm³/mol. The number of nitriles is 1. The Kier molecular flexibility index (Phi) is 7.44. The van der Waals surface area contributed by atoms with Gasteiger partial charge >= 0.3 is 0 Å². The molecule has 0 saturated heterocycles. The van der Waals surface area contributed by atoms with Crippen LogP contribution in [0.2, 0.25) is 5.02 Å². The highest BCUT2D eigenvalue weighted by molar-refractivity contribution is 7.91. The summed E-state index contributed by atoms with van der Waals surface area (Å²) in [5, 5.41) is 12.8. The number of sulfone groups is 1. The molecule has 0 fully saturated rings. The SMILES string of the molecule is COc1ccccc1COc1ccc(S(=O)(=O)c2ccc(C)nc2Nc2ccc(Cl)cc2C#N)cc1. The molecule has 0 amide bonds. The Morgan fingerprint density at radius 3 is 2.50 bits per heavy atom. The monoisotopic (exact) mass is 519 g/mol. The van der Waals surface area contributed by atoms with Crippen molar-refractivity contribution in [3.05, 3.63) is 101 Å². The number of halogens is 1. The van der Waals surface area contributed by atoms with E-state index in [0.717, 1.165) is 5.56 Å². The van der Waals surface area contributed by atoms with Gasteiger partial charge in [0, 0.05) is 16.3 Å². The van der Waals surface area contributed by atoms with Crippen molar-refractivity contribution >= 4 is 32.9 Å². The molecule has 1 N–H and O–H groups in total. The molecule has 3 aromatic carbocycles. The average molecular weight is 520 g/mol. The van der Waals surface area contributed by atoms with Gasteiger partial charge in [-0.3, -0.25) is 0 Å². The summed E-state index contributed by atoms with van der Waals surface area (Å²) in [6.45, 7) is 2.02. The number of aryl methyl sites for hydroxylation is 1. The highest BCUT2D eigenvalue weighted by Gasteiger charge is 2.23. The molecule has 9 heteroatoms. The molecular formula is C27H22ClN3O4S. The van der Waals surface area contributed by atoms with Gasteiger partial charge in [0.1, 0.15) is 34.9 Å². The molecule has 4 rings (SSSR count). The number of rotatable bonds is 8. The molecule has 0 spiro atoms. The molecule has 0 aliphatic rings. The van der Waals surface area contributed by atoms with Gasteiger partial charge in [-0.1, -0.05) is 29.8 Å². The summed E-state index contributed by atoms with van der Waals surface area (Å²) in [7, 11) is -2.35. The van der Waals surface area contributed by atoms with Crippen molar-refractivity contribution < 1.29 is 17.9 Å². The normalized spacial score (nSPS) is 10.9. The lowest BCUT2D eigenvalue weighted by molar-refractivity contribution is 0.296. The summed E-state index contributed by atoms with van der Waals surface area (Å²) in [5.41, 5.74) is 2.16. The van der Waals surface area contributed by atoms with Crippen LogP contribution in [0.15, 0.2) is 88.7 Å². The first kappa shape index (κ1) is 25.0. The van der Waals surface area contributed by atoms with Crippen LogP contribution in [0.4, 0.5) is 11.5 Å². The van der Waals surface area contributed by atoms with Gasteiger partial charge in [-0.05, 0) is 67.6 Å². The molecule has 0 aliphatic carbocycles. The number of hydrogen-bond acceptors (Lipinski definition) is 7. The first-order valence-corrected chi connectivity index (χ1v) is 12.7. The minimum atomic E-state index is -3.94. The average Bonchev–Trinajstić information content (AvgIpc) is 2.88. The Labute approximate surface area is 214 Å². The molecule has 0 aliphatic heterocycles. The van der Waals surface area contributed by atoms with E-state index in [2.05, 4.69) is 16.4 Å². The topological polar surface area (TPSA) is 101 Å². The zero-order valence-corrected chi connectivity index (χ0v) is 21.1. The lowest BCUT2D eigenvalue weighted by atomic mass is 10.2. The summed E-state index contributed by atoms with van der Waals surface area (Å²) in [6, 6.07) is 23.6. The summed E-state index contributed by atoms with van der Waals surface area (Å²) in [6.07, 6.45) is 0. The van der Waals surface area contributed by atoms with Crippen molar-refractivity contribution in [2.24, 2.45) is 0 Å². The Balaban J connectivity index is 1.60. The smallest absolute Gasteiger partial charge is 0.210 e. The Hall–Kier alpha value is -4.06. The molecule has 0 atom stereocenters. The second-order valence-corrected chi connectivity index (χ2v) is 10.2. The molecular weight excluding hydrogens is 498 g/mol. The number of methoxy groups -OCH3 is 1. The van der Waals surface area contributed by atoms with Crippen molar-refractivity contribution in [2.45, 2.75) is 23.3 Å². The zero-order valence-electron chi connectivity index (χ0n) is 19.5. The highest BCUT2D eigenvalue weighted by atomic mass is 35.5. The molecule has 182 valence electrons. The number of benzene rings is 3. The number of para-hydroxylation sites is 1. The Morgan fingerprint density at radius 1 is 1.03 bits per heavy atom. The van der Waals surface area contributed by atoms with Crippen LogP contribution in [0.3, 0.4) is 0 Å². The Bertz CT molecular complexity index is 1550. The van der Waals surface area contributed by atoms with Crippen LogP contribution in [0.25, 0.3) is 0 Å². The number of nitrogens with one attached hydrogen (secondary N) is 1. The van der Waals surface area contributed by atoms with Crippen LogP contribution < -0.4 is 14.8 Å². The molecule has 7 nitrogen and oxygen atoms in total. The maximum atomic E-state index is 13.5. The quantitative estimate of drug-likeness (QED) is 0.301. The summed E-state index contributed by atoms with van der Waals surface area (Å²) in [4.78, 5) is 4.45. The molecule has 0 bridgehead atoms. The van der Waals surface area contributed by atoms with Crippen molar-refractivity contribution in [2.75, 3.05) is 12.4 Å². The van der Waals surface area contributed by atoms with Gasteiger partial charge in [-0.2, -0.15) is 5.26 Å². The van der Waals surface area contributed by atoms with E-state index >= 15 is 0 Å². The van der Waals surface area contributed by atoms with E-state index in [-0.39, 0.29) is 27.8 Å². The number of aromatic nitrogens is 1. The number of ether oxygens (including phenoxy) is 2. The van der Waals surface area contributed by atoms with E-state index in [9.17, 15) is 13.7 Å². The van der Waals surface area contributed by atoms with Crippen LogP contribution in [-0.2, 0) is 16.4 Å². The van der Waals surface area contributed by atoms with Crippen LogP contribution >= 0.6 is 11.6 Å². The first-order valence-electron chi connectivity index (χ1n) is 10.9. The van der Waals surface area contributed by atoms with Crippen LogP contribution in [0.1, 0.15) is 16.8 Å². The highest BCUT2D eigenvalue weighted by Crippen LogP contribution is 2.31. The third-order valence-corrected chi connectivity index (χ3v) is 7.40.